The summed E-state index contributed by atoms with van der Waals surface area (Å²) in [7, 11) is 1.48. The van der Waals surface area contributed by atoms with Crippen LogP contribution in [-0.2, 0) is 9.59 Å². The fourth-order valence-corrected chi connectivity index (χ4v) is 1.85. The molecule has 1 aromatic heterocycles. The molecule has 9 nitrogen and oxygen atoms in total. The van der Waals surface area contributed by atoms with Crippen molar-refractivity contribution >= 4 is 17.6 Å². The Labute approximate surface area is 134 Å². The first-order chi connectivity index (χ1) is 10.9. The van der Waals surface area contributed by atoms with Gasteiger partial charge >= 0.3 is 5.82 Å². The molecule has 0 aromatic carbocycles. The largest absolute Gasteiger partial charge is 0.476 e. The molecular weight excluding hydrogens is 304 g/mol. The highest BCUT2D eigenvalue weighted by Gasteiger charge is 2.20. The minimum Gasteiger partial charge on any atom is -0.476 e. The van der Waals surface area contributed by atoms with Crippen molar-refractivity contribution in [2.45, 2.75) is 13.8 Å². The lowest BCUT2D eigenvalue weighted by Crippen LogP contribution is -2.42. The van der Waals surface area contributed by atoms with Crippen LogP contribution in [0.1, 0.15) is 13.8 Å². The van der Waals surface area contributed by atoms with E-state index in [0.29, 0.717) is 13.1 Å². The van der Waals surface area contributed by atoms with Crippen molar-refractivity contribution in [1.29, 1.82) is 0 Å². The van der Waals surface area contributed by atoms with Crippen molar-refractivity contribution in [3.8, 4) is 5.75 Å². The monoisotopic (exact) mass is 324 g/mol. The molecule has 1 heterocycles. The maximum absolute atomic E-state index is 12.0. The minimum atomic E-state index is -0.687. The summed E-state index contributed by atoms with van der Waals surface area (Å²) in [6.45, 7) is 4.36. The Kier molecular flexibility index (Phi) is 6.91. The average molecular weight is 324 g/mol. The Morgan fingerprint density at radius 3 is 2.52 bits per heavy atom. The van der Waals surface area contributed by atoms with Gasteiger partial charge in [0.05, 0.1) is 6.54 Å². The van der Waals surface area contributed by atoms with Gasteiger partial charge in [-0.1, -0.05) is 0 Å². The van der Waals surface area contributed by atoms with Crippen molar-refractivity contribution in [2.24, 2.45) is 0 Å². The summed E-state index contributed by atoms with van der Waals surface area (Å²) in [5.74, 6) is -1.17. The van der Waals surface area contributed by atoms with Gasteiger partial charge < -0.3 is 24.7 Å². The number of carbonyl (C=O) groups is 2. The van der Waals surface area contributed by atoms with E-state index < -0.39 is 23.3 Å². The Bertz CT molecular complexity index is 574. The van der Waals surface area contributed by atoms with E-state index in [4.69, 9.17) is 4.74 Å². The van der Waals surface area contributed by atoms with Crippen molar-refractivity contribution in [3.63, 3.8) is 0 Å². The molecule has 0 saturated heterocycles. The third-order valence-corrected chi connectivity index (χ3v) is 3.19. The van der Waals surface area contributed by atoms with Crippen LogP contribution in [0.4, 0.5) is 5.82 Å². The highest BCUT2D eigenvalue weighted by Crippen LogP contribution is 2.22. The molecule has 2 amide bonds. The summed E-state index contributed by atoms with van der Waals surface area (Å²) in [4.78, 5) is 40.4. The summed E-state index contributed by atoms with van der Waals surface area (Å²) in [5.41, 5.74) is 0. The van der Waals surface area contributed by atoms with Gasteiger partial charge in [-0.05, 0) is 35.9 Å². The van der Waals surface area contributed by atoms with Crippen LogP contribution in [0.2, 0.25) is 0 Å². The van der Waals surface area contributed by atoms with Crippen LogP contribution in [0.15, 0.2) is 18.3 Å². The number of pyridine rings is 1. The number of nitrogens with zero attached hydrogens (tertiary/aromatic N) is 4. The van der Waals surface area contributed by atoms with Gasteiger partial charge in [0.25, 0.3) is 5.91 Å². The molecule has 0 bridgehead atoms. The van der Waals surface area contributed by atoms with E-state index in [1.165, 1.54) is 30.3 Å². The van der Waals surface area contributed by atoms with Crippen molar-refractivity contribution < 1.29 is 19.2 Å². The molecule has 0 saturated carbocycles. The van der Waals surface area contributed by atoms with Gasteiger partial charge in [0.15, 0.2) is 6.61 Å². The molecule has 1 rings (SSSR count). The Balaban J connectivity index is 2.60. The second-order valence-corrected chi connectivity index (χ2v) is 4.69. The first-order valence-corrected chi connectivity index (χ1v) is 7.14. The number of hydrogen-bond acceptors (Lipinski definition) is 6. The summed E-state index contributed by atoms with van der Waals surface area (Å²) in [6, 6.07) is 2.83. The van der Waals surface area contributed by atoms with Gasteiger partial charge in [-0.2, -0.15) is 0 Å². The van der Waals surface area contributed by atoms with Crippen LogP contribution in [0.25, 0.3) is 0 Å². The van der Waals surface area contributed by atoms with Gasteiger partial charge in [-0.15, -0.1) is 0 Å². The minimum absolute atomic E-state index is 0.0704. The number of carbonyl (C=O) groups excluding carboxylic acids is 2. The molecular formula is C14H20N4O5. The van der Waals surface area contributed by atoms with E-state index in [-0.39, 0.29) is 18.2 Å². The molecule has 23 heavy (non-hydrogen) atoms. The number of ether oxygens (including phenoxy) is 1. The quantitative estimate of drug-likeness (QED) is 0.514. The molecule has 0 radical (unpaired) electrons. The van der Waals surface area contributed by atoms with Crippen molar-refractivity contribution in [2.75, 3.05) is 33.3 Å². The van der Waals surface area contributed by atoms with E-state index in [1.807, 2.05) is 13.8 Å². The van der Waals surface area contributed by atoms with Crippen molar-refractivity contribution in [3.05, 3.63) is 28.4 Å². The lowest BCUT2D eigenvalue weighted by atomic mass is 10.4. The molecule has 9 heteroatoms. The second-order valence-electron chi connectivity index (χ2n) is 4.69. The van der Waals surface area contributed by atoms with E-state index in [1.54, 1.807) is 4.90 Å². The fourth-order valence-electron chi connectivity index (χ4n) is 1.85. The van der Waals surface area contributed by atoms with Crippen LogP contribution in [0.5, 0.6) is 5.75 Å². The highest BCUT2D eigenvalue weighted by molar-refractivity contribution is 5.85. The number of rotatable bonds is 8. The van der Waals surface area contributed by atoms with Gasteiger partial charge in [-0.25, -0.2) is 0 Å². The topological polar surface area (TPSA) is 106 Å². The predicted molar refractivity (Wildman–Crippen MR) is 82.0 cm³/mol. The first-order valence-electron chi connectivity index (χ1n) is 7.14. The number of aromatic nitrogens is 1. The number of likely N-dealkylation sites (N-methyl/N-ethyl adjacent to an activating group) is 2. The summed E-state index contributed by atoms with van der Waals surface area (Å²) in [5, 5.41) is 10.8. The standard InChI is InChI=1S/C14H20N4O5/c1-4-17(5-2)12(19)9-16(3)13(20)10-23-11-7-6-8-15-14(11)18(21)22/h6-8H,4-5,9-10H2,1-3H3. The summed E-state index contributed by atoms with van der Waals surface area (Å²) >= 11 is 0. The van der Waals surface area contributed by atoms with Crippen LogP contribution in [0.3, 0.4) is 0 Å². The number of amides is 2. The smallest absolute Gasteiger partial charge is 0.406 e. The van der Waals surface area contributed by atoms with E-state index >= 15 is 0 Å². The molecule has 0 aliphatic heterocycles. The molecule has 0 unspecified atom stereocenters. The number of hydrogen-bond donors (Lipinski definition) is 0. The molecule has 0 fully saturated rings. The summed E-state index contributed by atoms with van der Waals surface area (Å²) in [6.07, 6.45) is 1.27. The molecule has 0 aliphatic rings. The lowest BCUT2D eigenvalue weighted by Gasteiger charge is -2.23. The van der Waals surface area contributed by atoms with Crippen LogP contribution < -0.4 is 4.74 Å². The molecule has 0 spiro atoms. The van der Waals surface area contributed by atoms with Gasteiger partial charge in [0.2, 0.25) is 11.7 Å². The van der Waals surface area contributed by atoms with Crippen LogP contribution in [-0.4, -0.2) is 64.8 Å². The van der Waals surface area contributed by atoms with Crippen LogP contribution >= 0.6 is 0 Å². The first kappa shape index (κ1) is 18.3. The molecule has 0 atom stereocenters. The predicted octanol–water partition coefficient (Wildman–Crippen LogP) is 0.695. The zero-order valence-corrected chi connectivity index (χ0v) is 13.4. The van der Waals surface area contributed by atoms with Crippen LogP contribution in [0, 0.1) is 10.1 Å². The lowest BCUT2D eigenvalue weighted by molar-refractivity contribution is -0.390. The SMILES string of the molecule is CCN(CC)C(=O)CN(C)C(=O)COc1cccnc1[N+](=O)[O-]. The third-order valence-electron chi connectivity index (χ3n) is 3.19. The second kappa shape index (κ2) is 8.66. The Morgan fingerprint density at radius 2 is 1.96 bits per heavy atom. The number of nitro groups is 1. The van der Waals surface area contributed by atoms with Gasteiger partial charge in [-0.3, -0.25) is 9.59 Å². The van der Waals surface area contributed by atoms with E-state index in [0.717, 1.165) is 0 Å². The maximum Gasteiger partial charge on any atom is 0.406 e. The zero-order chi connectivity index (χ0) is 17.4. The molecule has 1 aromatic rings. The van der Waals surface area contributed by atoms with E-state index in [2.05, 4.69) is 4.98 Å². The molecule has 0 N–H and O–H groups in total. The normalized spacial score (nSPS) is 10.0. The van der Waals surface area contributed by atoms with Gasteiger partial charge in [0.1, 0.15) is 6.20 Å². The van der Waals surface area contributed by atoms with Gasteiger partial charge in [0, 0.05) is 20.1 Å². The molecule has 126 valence electrons. The fraction of sp³-hybridized carbons (Fsp3) is 0.500. The molecule has 0 aliphatic carbocycles. The highest BCUT2D eigenvalue weighted by atomic mass is 16.6. The summed E-state index contributed by atoms with van der Waals surface area (Å²) < 4.78 is 5.16. The zero-order valence-electron chi connectivity index (χ0n) is 13.4. The average Bonchev–Trinajstić information content (AvgIpc) is 2.53. The Hall–Kier alpha value is -2.71. The third kappa shape index (κ3) is 5.20. The van der Waals surface area contributed by atoms with Crippen molar-refractivity contribution in [1.82, 2.24) is 14.8 Å². The van der Waals surface area contributed by atoms with E-state index in [9.17, 15) is 19.7 Å². The Morgan fingerprint density at radius 1 is 1.30 bits per heavy atom. The maximum atomic E-state index is 12.0.